The highest BCUT2D eigenvalue weighted by Crippen LogP contribution is 2.40. The van der Waals surface area contributed by atoms with E-state index in [-0.39, 0.29) is 0 Å². The minimum Gasteiger partial charge on any atom is -0.161 e. The first kappa shape index (κ1) is 12.0. The van der Waals surface area contributed by atoms with E-state index in [1.165, 1.54) is 33.8 Å². The number of rotatable bonds is 1. The van der Waals surface area contributed by atoms with Gasteiger partial charge in [0.05, 0.1) is 0 Å². The van der Waals surface area contributed by atoms with E-state index in [9.17, 15) is 0 Å². The molecule has 0 N–H and O–H groups in total. The Bertz CT molecular complexity index is 406. The summed E-state index contributed by atoms with van der Waals surface area (Å²) in [6.45, 7) is 11.5. The van der Waals surface area contributed by atoms with Crippen LogP contribution < -0.4 is 0 Å². The van der Waals surface area contributed by atoms with Gasteiger partial charge in [-0.15, -0.1) is 0 Å². The van der Waals surface area contributed by atoms with Gasteiger partial charge in [0.2, 0.25) is 0 Å². The topological polar surface area (TPSA) is 0 Å². The summed E-state index contributed by atoms with van der Waals surface area (Å²) in [5.41, 5.74) is 7.57. The lowest BCUT2D eigenvalue weighted by Gasteiger charge is -2.21. The summed E-state index contributed by atoms with van der Waals surface area (Å²) in [5.74, 6) is 4.26. The van der Waals surface area contributed by atoms with Gasteiger partial charge in [-0.3, -0.25) is 0 Å². The molecule has 1 saturated heterocycles. The quantitative estimate of drug-likeness (QED) is 0.694. The van der Waals surface area contributed by atoms with E-state index >= 15 is 0 Å². The number of thioether (sulfide) groups is 1. The molecule has 0 bridgehead atoms. The molecule has 0 spiro atoms. The molecule has 16 heavy (non-hydrogen) atoms. The van der Waals surface area contributed by atoms with E-state index in [0.717, 1.165) is 11.8 Å². The molecule has 0 aromatic heterocycles. The molecule has 1 aromatic rings. The van der Waals surface area contributed by atoms with Crippen LogP contribution in [0, 0.1) is 33.6 Å². The second-order valence-corrected chi connectivity index (χ2v) is 6.35. The minimum absolute atomic E-state index is 0.781. The zero-order chi connectivity index (χ0) is 11.9. The Morgan fingerprint density at radius 2 is 1.69 bits per heavy atom. The van der Waals surface area contributed by atoms with Gasteiger partial charge in [0.15, 0.2) is 0 Å². The average molecular weight is 234 g/mol. The number of aryl methyl sites for hydroxylation is 1. The van der Waals surface area contributed by atoms with Gasteiger partial charge in [-0.05, 0) is 73.1 Å². The van der Waals surface area contributed by atoms with Gasteiger partial charge < -0.3 is 0 Å². The number of hydrogen-bond acceptors (Lipinski definition) is 1. The second kappa shape index (κ2) is 4.44. The highest BCUT2D eigenvalue weighted by atomic mass is 32.2. The van der Waals surface area contributed by atoms with Crippen molar-refractivity contribution >= 4 is 11.8 Å². The van der Waals surface area contributed by atoms with Crippen LogP contribution in [-0.4, -0.2) is 11.5 Å². The van der Waals surface area contributed by atoms with Crippen LogP contribution >= 0.6 is 11.8 Å². The standard InChI is InChI=1S/C15H22S/c1-9-6-14(13(5)12(4)11(9)3)15-8-16-7-10(15)2/h6,10,15H,7-8H2,1-5H3/t10-,15?/m1/s1. The first-order valence-electron chi connectivity index (χ1n) is 6.17. The summed E-state index contributed by atoms with van der Waals surface area (Å²) in [7, 11) is 0. The third-order valence-corrected chi connectivity index (χ3v) is 5.64. The Morgan fingerprint density at radius 3 is 2.25 bits per heavy atom. The van der Waals surface area contributed by atoms with Crippen molar-refractivity contribution in [1.82, 2.24) is 0 Å². The van der Waals surface area contributed by atoms with Crippen LogP contribution in [0.15, 0.2) is 6.07 Å². The first-order chi connectivity index (χ1) is 7.52. The molecule has 2 rings (SSSR count). The Morgan fingerprint density at radius 1 is 1.00 bits per heavy atom. The Kier molecular flexibility index (Phi) is 3.34. The molecular weight excluding hydrogens is 212 g/mol. The summed E-state index contributed by atoms with van der Waals surface area (Å²) < 4.78 is 0. The lowest BCUT2D eigenvalue weighted by molar-refractivity contribution is 0.571. The van der Waals surface area contributed by atoms with Gasteiger partial charge in [0.1, 0.15) is 0 Å². The van der Waals surface area contributed by atoms with Crippen LogP contribution in [0.2, 0.25) is 0 Å². The molecule has 1 aliphatic heterocycles. The van der Waals surface area contributed by atoms with Crippen molar-refractivity contribution in [2.45, 2.75) is 40.5 Å². The summed E-state index contributed by atoms with van der Waals surface area (Å²) in [6.07, 6.45) is 0. The average Bonchev–Trinajstić information content (AvgIpc) is 2.67. The normalized spacial score (nSPS) is 25.1. The second-order valence-electron chi connectivity index (χ2n) is 5.28. The molecule has 0 aliphatic carbocycles. The van der Waals surface area contributed by atoms with Crippen molar-refractivity contribution in [2.24, 2.45) is 5.92 Å². The molecule has 88 valence electrons. The first-order valence-corrected chi connectivity index (χ1v) is 7.33. The molecule has 1 unspecified atom stereocenters. The van der Waals surface area contributed by atoms with Crippen LogP contribution in [0.25, 0.3) is 0 Å². The van der Waals surface area contributed by atoms with Crippen molar-refractivity contribution in [1.29, 1.82) is 0 Å². The van der Waals surface area contributed by atoms with Crippen molar-refractivity contribution in [3.05, 3.63) is 33.9 Å². The van der Waals surface area contributed by atoms with Gasteiger partial charge in [-0.1, -0.05) is 13.0 Å². The van der Waals surface area contributed by atoms with Crippen LogP contribution in [0.3, 0.4) is 0 Å². The molecule has 0 radical (unpaired) electrons. The molecular formula is C15H22S. The zero-order valence-electron chi connectivity index (χ0n) is 11.1. The molecule has 1 heteroatoms. The molecule has 1 aliphatic rings. The fraction of sp³-hybridized carbons (Fsp3) is 0.600. The smallest absolute Gasteiger partial charge is 0.000454 e. The highest BCUT2D eigenvalue weighted by Gasteiger charge is 2.27. The Hall–Kier alpha value is -0.430. The van der Waals surface area contributed by atoms with E-state index in [1.54, 1.807) is 5.56 Å². The maximum atomic E-state index is 2.44. The van der Waals surface area contributed by atoms with Gasteiger partial charge in [-0.25, -0.2) is 0 Å². The SMILES string of the molecule is Cc1cc(C2CSC[C@H]2C)c(C)c(C)c1C. The third-order valence-electron chi connectivity index (χ3n) is 4.29. The maximum absolute atomic E-state index is 2.44. The number of hydrogen-bond donors (Lipinski definition) is 0. The fourth-order valence-electron chi connectivity index (χ4n) is 2.69. The third kappa shape index (κ3) is 1.90. The van der Waals surface area contributed by atoms with Crippen molar-refractivity contribution in [3.8, 4) is 0 Å². The summed E-state index contributed by atoms with van der Waals surface area (Å²) in [6, 6.07) is 2.44. The number of benzene rings is 1. The van der Waals surface area contributed by atoms with E-state index in [0.29, 0.717) is 0 Å². The minimum atomic E-state index is 0.781. The Labute approximate surface area is 104 Å². The van der Waals surface area contributed by atoms with Crippen LogP contribution in [-0.2, 0) is 0 Å². The predicted octanol–water partition coefficient (Wildman–Crippen LogP) is 4.39. The van der Waals surface area contributed by atoms with Crippen molar-refractivity contribution < 1.29 is 0 Å². The van der Waals surface area contributed by atoms with Gasteiger partial charge in [-0.2, -0.15) is 11.8 Å². The lowest BCUT2D eigenvalue weighted by Crippen LogP contribution is -2.10. The summed E-state index contributed by atoms with van der Waals surface area (Å²) in [5, 5.41) is 0. The molecule has 2 atom stereocenters. The van der Waals surface area contributed by atoms with Crippen molar-refractivity contribution in [3.63, 3.8) is 0 Å². The highest BCUT2D eigenvalue weighted by molar-refractivity contribution is 7.99. The predicted molar refractivity (Wildman–Crippen MR) is 74.6 cm³/mol. The molecule has 0 saturated carbocycles. The largest absolute Gasteiger partial charge is 0.161 e. The van der Waals surface area contributed by atoms with E-state index < -0.39 is 0 Å². The molecule has 1 fully saturated rings. The molecule has 0 amide bonds. The van der Waals surface area contributed by atoms with Gasteiger partial charge in [0.25, 0.3) is 0 Å². The maximum Gasteiger partial charge on any atom is 0.000454 e. The van der Waals surface area contributed by atoms with Gasteiger partial charge >= 0.3 is 0 Å². The van der Waals surface area contributed by atoms with Gasteiger partial charge in [0, 0.05) is 5.75 Å². The van der Waals surface area contributed by atoms with E-state index in [4.69, 9.17) is 0 Å². The Balaban J connectivity index is 2.49. The molecule has 1 heterocycles. The lowest BCUT2D eigenvalue weighted by atomic mass is 9.83. The van der Waals surface area contributed by atoms with Crippen LogP contribution in [0.5, 0.6) is 0 Å². The van der Waals surface area contributed by atoms with E-state index in [1.807, 2.05) is 0 Å². The summed E-state index contributed by atoms with van der Waals surface area (Å²) >= 11 is 2.11. The van der Waals surface area contributed by atoms with Crippen LogP contribution in [0.1, 0.15) is 40.7 Å². The fourth-order valence-corrected chi connectivity index (χ4v) is 4.19. The van der Waals surface area contributed by atoms with E-state index in [2.05, 4.69) is 52.4 Å². The van der Waals surface area contributed by atoms with Crippen LogP contribution in [0.4, 0.5) is 0 Å². The molecule has 0 nitrogen and oxygen atoms in total. The molecule has 1 aromatic carbocycles. The van der Waals surface area contributed by atoms with Crippen molar-refractivity contribution in [2.75, 3.05) is 11.5 Å². The summed E-state index contributed by atoms with van der Waals surface area (Å²) in [4.78, 5) is 0. The monoisotopic (exact) mass is 234 g/mol. The zero-order valence-corrected chi connectivity index (χ0v) is 11.9.